The van der Waals surface area contributed by atoms with E-state index in [0.717, 1.165) is 11.4 Å². The molecule has 0 unspecified atom stereocenters. The summed E-state index contributed by atoms with van der Waals surface area (Å²) in [7, 11) is 0. The number of hydrogen-bond acceptors (Lipinski definition) is 3. The van der Waals surface area contributed by atoms with Gasteiger partial charge in [0.25, 0.3) is 0 Å². The number of hydrogen-bond donors (Lipinski definition) is 0. The summed E-state index contributed by atoms with van der Waals surface area (Å²) in [5, 5.41) is 10.4. The van der Waals surface area contributed by atoms with Gasteiger partial charge in [-0.2, -0.15) is 0 Å². The Kier molecular flexibility index (Phi) is 6.97. The van der Waals surface area contributed by atoms with Gasteiger partial charge in [-0.15, -0.1) is 22.7 Å². The van der Waals surface area contributed by atoms with Gasteiger partial charge in [-0.25, -0.2) is 0 Å². The summed E-state index contributed by atoms with van der Waals surface area (Å²) >= 11 is 3.76. The van der Waals surface area contributed by atoms with Crippen molar-refractivity contribution in [2.24, 2.45) is 0 Å². The van der Waals surface area contributed by atoms with E-state index in [-0.39, 0.29) is 0 Å². The van der Waals surface area contributed by atoms with Crippen LogP contribution in [-0.2, 0) is 0 Å². The first-order valence-electron chi connectivity index (χ1n) is 18.0. The molecule has 0 saturated heterocycles. The van der Waals surface area contributed by atoms with E-state index in [9.17, 15) is 0 Å². The van der Waals surface area contributed by atoms with Gasteiger partial charge in [-0.1, -0.05) is 140 Å². The highest BCUT2D eigenvalue weighted by Gasteiger charge is 2.19. The van der Waals surface area contributed by atoms with E-state index < -0.39 is 0 Å². The molecule has 9 aromatic carbocycles. The number of benzene rings is 9. The second-order valence-electron chi connectivity index (χ2n) is 13.7. The van der Waals surface area contributed by atoms with Crippen LogP contribution in [0.4, 0.5) is 17.1 Å². The molecule has 0 N–H and O–H groups in total. The lowest BCUT2D eigenvalue weighted by Gasteiger charge is -2.26. The Morgan fingerprint density at radius 1 is 0.321 bits per heavy atom. The van der Waals surface area contributed by atoms with Gasteiger partial charge < -0.3 is 4.90 Å². The zero-order valence-corrected chi connectivity index (χ0v) is 30.3. The summed E-state index contributed by atoms with van der Waals surface area (Å²) in [6.45, 7) is 0. The molecule has 0 spiro atoms. The fourth-order valence-corrected chi connectivity index (χ4v) is 10.5. The molecule has 248 valence electrons. The van der Waals surface area contributed by atoms with Crippen molar-refractivity contribution in [1.29, 1.82) is 0 Å². The van der Waals surface area contributed by atoms with Gasteiger partial charge in [0, 0.05) is 47.0 Å². The lowest BCUT2D eigenvalue weighted by molar-refractivity contribution is 1.30. The van der Waals surface area contributed by atoms with Crippen molar-refractivity contribution in [2.75, 3.05) is 4.90 Å². The maximum atomic E-state index is 2.43. The summed E-state index contributed by atoms with van der Waals surface area (Å²) in [6, 6.07) is 69.1. The predicted octanol–water partition coefficient (Wildman–Crippen LogP) is 15.5. The van der Waals surface area contributed by atoms with Crippen LogP contribution in [0, 0.1) is 0 Å². The van der Waals surface area contributed by atoms with E-state index in [1.54, 1.807) is 0 Å². The van der Waals surface area contributed by atoms with Crippen molar-refractivity contribution >= 4 is 102 Å². The van der Waals surface area contributed by atoms with Crippen LogP contribution in [-0.4, -0.2) is 0 Å². The number of fused-ring (bicyclic) bond motifs is 9. The molecule has 11 aromatic rings. The van der Waals surface area contributed by atoms with E-state index in [2.05, 4.69) is 193 Å². The Balaban J connectivity index is 1.03. The largest absolute Gasteiger partial charge is 0.309 e. The third-order valence-corrected chi connectivity index (χ3v) is 13.1. The highest BCUT2D eigenvalue weighted by atomic mass is 32.1. The van der Waals surface area contributed by atoms with Crippen LogP contribution < -0.4 is 4.90 Å². The fourth-order valence-electron chi connectivity index (χ4n) is 8.09. The average molecular weight is 710 g/mol. The lowest BCUT2D eigenvalue weighted by atomic mass is 9.98. The van der Waals surface area contributed by atoms with Crippen molar-refractivity contribution in [3.63, 3.8) is 0 Å². The van der Waals surface area contributed by atoms with Gasteiger partial charge in [0.1, 0.15) is 0 Å². The summed E-state index contributed by atoms with van der Waals surface area (Å²) < 4.78 is 5.29. The Morgan fingerprint density at radius 3 is 1.70 bits per heavy atom. The standard InChI is InChI=1S/C50H31NS2/c1-3-12-39-33(9-1)11-7-15-40(39)35-21-27-38(28-22-35)51(46-17-8-16-43-42-14-5-6-18-47(42)53-50(43)46)37-25-19-32(20-26-37)36-24-30-48-45(31-36)44-29-23-34-10-2-4-13-41(34)49(44)52-48/h1-31H. The number of thiophene rings is 2. The summed E-state index contributed by atoms with van der Waals surface area (Å²) in [6.07, 6.45) is 0. The molecule has 11 rings (SSSR count). The van der Waals surface area contributed by atoms with E-state index in [1.807, 2.05) is 22.7 Å². The number of rotatable bonds is 5. The Bertz CT molecular complexity index is 3160. The van der Waals surface area contributed by atoms with E-state index in [0.29, 0.717) is 0 Å². The molecule has 0 aliphatic carbocycles. The van der Waals surface area contributed by atoms with Crippen LogP contribution in [0.3, 0.4) is 0 Å². The SMILES string of the molecule is c1ccc2c(-c3ccc(N(c4ccc(-c5ccc6sc7c8ccccc8ccc7c6c5)cc4)c4cccc5c4sc4ccccc45)cc3)cccc2c1. The molecule has 0 bridgehead atoms. The molecule has 2 heterocycles. The molecule has 0 amide bonds. The number of nitrogens with zero attached hydrogens (tertiary/aromatic N) is 1. The molecule has 3 heteroatoms. The average Bonchev–Trinajstić information content (AvgIpc) is 3.80. The molecule has 0 radical (unpaired) electrons. The summed E-state index contributed by atoms with van der Waals surface area (Å²) in [4.78, 5) is 2.43. The molecule has 0 fully saturated rings. The Hall–Kier alpha value is -6.26. The first kappa shape index (κ1) is 30.4. The second kappa shape index (κ2) is 12.2. The highest BCUT2D eigenvalue weighted by Crippen LogP contribution is 2.46. The van der Waals surface area contributed by atoms with Gasteiger partial charge in [0.2, 0.25) is 0 Å². The smallest absolute Gasteiger partial charge is 0.0640 e. The van der Waals surface area contributed by atoms with Crippen molar-refractivity contribution in [3.8, 4) is 22.3 Å². The van der Waals surface area contributed by atoms with Gasteiger partial charge in [0.15, 0.2) is 0 Å². The zero-order valence-electron chi connectivity index (χ0n) is 28.7. The van der Waals surface area contributed by atoms with Crippen LogP contribution >= 0.6 is 22.7 Å². The highest BCUT2D eigenvalue weighted by molar-refractivity contribution is 7.27. The molecule has 0 saturated carbocycles. The van der Waals surface area contributed by atoms with Crippen molar-refractivity contribution < 1.29 is 0 Å². The predicted molar refractivity (Wildman–Crippen MR) is 233 cm³/mol. The van der Waals surface area contributed by atoms with Gasteiger partial charge in [0.05, 0.1) is 10.4 Å². The summed E-state index contributed by atoms with van der Waals surface area (Å²) in [5.41, 5.74) is 8.35. The third kappa shape index (κ3) is 4.97. The minimum atomic E-state index is 1.13. The molecular weight excluding hydrogens is 679 g/mol. The molecule has 0 aliphatic heterocycles. The minimum absolute atomic E-state index is 1.13. The normalized spacial score (nSPS) is 11.8. The molecule has 2 aromatic heterocycles. The Morgan fingerprint density at radius 2 is 0.887 bits per heavy atom. The van der Waals surface area contributed by atoms with Gasteiger partial charge in [-0.3, -0.25) is 0 Å². The molecule has 1 nitrogen and oxygen atoms in total. The zero-order chi connectivity index (χ0) is 34.9. The third-order valence-electron chi connectivity index (χ3n) is 10.7. The summed E-state index contributed by atoms with van der Waals surface area (Å²) in [5.74, 6) is 0. The maximum Gasteiger partial charge on any atom is 0.0640 e. The van der Waals surface area contributed by atoms with Crippen molar-refractivity contribution in [2.45, 2.75) is 0 Å². The van der Waals surface area contributed by atoms with E-state index in [1.165, 1.54) is 89.8 Å². The van der Waals surface area contributed by atoms with Crippen molar-refractivity contribution in [1.82, 2.24) is 0 Å². The van der Waals surface area contributed by atoms with Crippen molar-refractivity contribution in [3.05, 3.63) is 188 Å². The molecule has 0 aliphatic rings. The fraction of sp³-hybridized carbons (Fsp3) is 0. The number of anilines is 3. The molecule has 0 atom stereocenters. The first-order valence-corrected chi connectivity index (χ1v) is 19.6. The van der Waals surface area contributed by atoms with Gasteiger partial charge >= 0.3 is 0 Å². The molecule has 53 heavy (non-hydrogen) atoms. The van der Waals surface area contributed by atoms with Crippen LogP contribution in [0.2, 0.25) is 0 Å². The molecular formula is C50H31NS2. The van der Waals surface area contributed by atoms with E-state index >= 15 is 0 Å². The Labute approximate surface area is 315 Å². The topological polar surface area (TPSA) is 3.24 Å². The van der Waals surface area contributed by atoms with Crippen LogP contribution in [0.5, 0.6) is 0 Å². The minimum Gasteiger partial charge on any atom is -0.309 e. The quantitative estimate of drug-likeness (QED) is 0.172. The van der Waals surface area contributed by atoms with Gasteiger partial charge in [-0.05, 0) is 92.3 Å². The monoisotopic (exact) mass is 709 g/mol. The second-order valence-corrected chi connectivity index (χ2v) is 15.8. The van der Waals surface area contributed by atoms with Crippen LogP contribution in [0.25, 0.3) is 84.1 Å². The maximum absolute atomic E-state index is 2.43. The lowest BCUT2D eigenvalue weighted by Crippen LogP contribution is -2.10. The first-order chi connectivity index (χ1) is 26.3. The van der Waals surface area contributed by atoms with E-state index in [4.69, 9.17) is 0 Å². The van der Waals surface area contributed by atoms with Crippen LogP contribution in [0.15, 0.2) is 188 Å². The van der Waals surface area contributed by atoms with Crippen LogP contribution in [0.1, 0.15) is 0 Å².